The molecule has 0 saturated carbocycles. The Morgan fingerprint density at radius 3 is 2.70 bits per heavy atom. The molecule has 0 bridgehead atoms. The zero-order chi connectivity index (χ0) is 21.7. The van der Waals surface area contributed by atoms with Gasteiger partial charge in [-0.2, -0.15) is 5.26 Å². The van der Waals surface area contributed by atoms with E-state index >= 15 is 0 Å². The Balaban J connectivity index is 1.90. The molecule has 0 aliphatic rings. The topological polar surface area (TPSA) is 139 Å². The Kier molecular flexibility index (Phi) is 6.20. The van der Waals surface area contributed by atoms with Crippen LogP contribution in [0.1, 0.15) is 10.4 Å². The van der Waals surface area contributed by atoms with Crippen LogP contribution in [-0.2, 0) is 0 Å². The van der Waals surface area contributed by atoms with E-state index in [-0.39, 0.29) is 17.1 Å². The molecule has 0 unspecified atom stereocenters. The minimum Gasteiger partial charge on any atom is -0.496 e. The first-order valence-corrected chi connectivity index (χ1v) is 8.96. The van der Waals surface area contributed by atoms with Crippen LogP contribution in [0.5, 0.6) is 17.2 Å². The van der Waals surface area contributed by atoms with Gasteiger partial charge in [-0.1, -0.05) is 11.6 Å². The Morgan fingerprint density at radius 2 is 2.03 bits per heavy atom. The van der Waals surface area contributed by atoms with Crippen LogP contribution < -0.4 is 25.8 Å². The molecule has 0 radical (unpaired) electrons. The van der Waals surface area contributed by atoms with E-state index in [1.165, 1.54) is 13.2 Å². The van der Waals surface area contributed by atoms with Crippen molar-refractivity contribution < 1.29 is 19.1 Å². The Labute approximate surface area is 176 Å². The summed E-state index contributed by atoms with van der Waals surface area (Å²) >= 11 is 6.22. The maximum Gasteiger partial charge on any atom is 0.320 e. The summed E-state index contributed by atoms with van der Waals surface area (Å²) in [5.41, 5.74) is 6.53. The number of pyridine rings is 1. The average molecular weight is 426 g/mol. The molecule has 0 atom stereocenters. The van der Waals surface area contributed by atoms with Crippen molar-refractivity contribution in [2.45, 2.75) is 0 Å². The summed E-state index contributed by atoms with van der Waals surface area (Å²) in [6, 6.07) is 10.7. The molecule has 0 spiro atoms. The van der Waals surface area contributed by atoms with Gasteiger partial charge < -0.3 is 25.8 Å². The van der Waals surface area contributed by atoms with Crippen molar-refractivity contribution in [2.75, 3.05) is 19.0 Å². The van der Waals surface area contributed by atoms with Gasteiger partial charge in [0.05, 0.1) is 35.0 Å². The van der Waals surface area contributed by atoms with Crippen molar-refractivity contribution in [1.29, 1.82) is 5.26 Å². The number of fused-ring (bicyclic) bond motifs is 1. The van der Waals surface area contributed by atoms with Gasteiger partial charge in [0.15, 0.2) is 0 Å². The predicted molar refractivity (Wildman–Crippen MR) is 111 cm³/mol. The lowest BCUT2D eigenvalue weighted by Crippen LogP contribution is -2.28. The van der Waals surface area contributed by atoms with E-state index in [0.29, 0.717) is 33.8 Å². The molecule has 0 fully saturated rings. The fourth-order valence-corrected chi connectivity index (χ4v) is 2.89. The Morgan fingerprint density at radius 1 is 1.23 bits per heavy atom. The standard InChI is InChI=1S/C20H16ClN5O4/c1-29-18-10-16-12(9-13(18)19(23)27)17(4-6-24-16)30-11-2-3-15(14(21)8-11)26-20(28)25-7-5-22/h2-4,6,8-10H,7H2,1H3,(H2,23,27)(H2,25,26,28). The van der Waals surface area contributed by atoms with Gasteiger partial charge in [-0.05, 0) is 24.3 Å². The molecule has 1 heterocycles. The third-order valence-electron chi connectivity index (χ3n) is 4.03. The highest BCUT2D eigenvalue weighted by atomic mass is 35.5. The molecule has 152 valence electrons. The number of urea groups is 1. The SMILES string of the molecule is COc1cc2nccc(Oc3ccc(NC(=O)NCC#N)c(Cl)c3)c2cc1C(N)=O. The van der Waals surface area contributed by atoms with Gasteiger partial charge >= 0.3 is 6.03 Å². The minimum absolute atomic E-state index is 0.127. The van der Waals surface area contributed by atoms with Crippen molar-refractivity contribution >= 4 is 40.1 Å². The molecule has 3 rings (SSSR count). The number of primary amides is 1. The maximum atomic E-state index is 11.7. The smallest absolute Gasteiger partial charge is 0.320 e. The van der Waals surface area contributed by atoms with Crippen LogP contribution in [0.2, 0.25) is 5.02 Å². The average Bonchev–Trinajstić information content (AvgIpc) is 2.73. The number of benzene rings is 2. The second kappa shape index (κ2) is 8.98. The highest BCUT2D eigenvalue weighted by molar-refractivity contribution is 6.33. The number of halogens is 1. The number of ether oxygens (including phenoxy) is 2. The number of hydrogen-bond donors (Lipinski definition) is 3. The number of hydrogen-bond acceptors (Lipinski definition) is 6. The van der Waals surface area contributed by atoms with Crippen molar-refractivity contribution in [1.82, 2.24) is 10.3 Å². The van der Waals surface area contributed by atoms with Crippen molar-refractivity contribution in [3.8, 4) is 23.3 Å². The quantitative estimate of drug-likeness (QED) is 0.517. The van der Waals surface area contributed by atoms with E-state index in [0.717, 1.165) is 0 Å². The molecule has 4 N–H and O–H groups in total. The summed E-state index contributed by atoms with van der Waals surface area (Å²) in [6.45, 7) is -0.127. The van der Waals surface area contributed by atoms with Crippen molar-refractivity contribution in [3.63, 3.8) is 0 Å². The normalized spacial score (nSPS) is 10.2. The van der Waals surface area contributed by atoms with E-state index in [1.807, 2.05) is 0 Å². The van der Waals surface area contributed by atoms with Crippen LogP contribution >= 0.6 is 11.6 Å². The fraction of sp³-hybridized carbons (Fsp3) is 0.100. The van der Waals surface area contributed by atoms with Gasteiger partial charge in [-0.15, -0.1) is 0 Å². The third-order valence-corrected chi connectivity index (χ3v) is 4.35. The lowest BCUT2D eigenvalue weighted by Gasteiger charge is -2.13. The first kappa shape index (κ1) is 20.7. The number of amides is 3. The number of carbonyl (C=O) groups is 2. The highest BCUT2D eigenvalue weighted by Gasteiger charge is 2.15. The third kappa shape index (κ3) is 4.51. The monoisotopic (exact) mass is 425 g/mol. The van der Waals surface area contributed by atoms with E-state index < -0.39 is 11.9 Å². The Hall–Kier alpha value is -4.03. The van der Waals surface area contributed by atoms with Crippen LogP contribution in [0.3, 0.4) is 0 Å². The van der Waals surface area contributed by atoms with E-state index in [1.54, 1.807) is 42.6 Å². The fourth-order valence-electron chi connectivity index (χ4n) is 2.67. The summed E-state index contributed by atoms with van der Waals surface area (Å²) in [5, 5.41) is 14.2. The first-order valence-electron chi connectivity index (χ1n) is 8.58. The lowest BCUT2D eigenvalue weighted by atomic mass is 10.1. The van der Waals surface area contributed by atoms with E-state index in [9.17, 15) is 9.59 Å². The predicted octanol–water partition coefficient (Wildman–Crippen LogP) is 3.43. The number of aromatic nitrogens is 1. The summed E-state index contributed by atoms with van der Waals surface area (Å²) in [5.74, 6) is 0.491. The van der Waals surface area contributed by atoms with Gasteiger partial charge in [-0.25, -0.2) is 4.79 Å². The summed E-state index contributed by atoms with van der Waals surface area (Å²) in [6.07, 6.45) is 1.55. The molecule has 0 aliphatic carbocycles. The number of nitrogens with one attached hydrogen (secondary N) is 2. The zero-order valence-corrected chi connectivity index (χ0v) is 16.5. The zero-order valence-electron chi connectivity index (χ0n) is 15.7. The second-order valence-electron chi connectivity index (χ2n) is 5.95. The maximum absolute atomic E-state index is 11.7. The van der Waals surface area contributed by atoms with Crippen molar-refractivity contribution in [2.24, 2.45) is 5.73 Å². The second-order valence-corrected chi connectivity index (χ2v) is 6.36. The number of nitrogens with zero attached hydrogens (tertiary/aromatic N) is 2. The highest BCUT2D eigenvalue weighted by Crippen LogP contribution is 2.35. The molecular formula is C20H16ClN5O4. The molecule has 10 heteroatoms. The molecule has 2 aromatic carbocycles. The number of rotatable bonds is 6. The summed E-state index contributed by atoms with van der Waals surface area (Å²) < 4.78 is 11.1. The molecule has 0 aliphatic heterocycles. The lowest BCUT2D eigenvalue weighted by molar-refractivity contribution is 0.0997. The number of methoxy groups -OCH3 is 1. The van der Waals surface area contributed by atoms with Crippen LogP contribution in [0, 0.1) is 11.3 Å². The molecule has 30 heavy (non-hydrogen) atoms. The largest absolute Gasteiger partial charge is 0.496 e. The van der Waals surface area contributed by atoms with Gasteiger partial charge in [-0.3, -0.25) is 9.78 Å². The van der Waals surface area contributed by atoms with Gasteiger partial charge in [0.25, 0.3) is 5.91 Å². The van der Waals surface area contributed by atoms with Gasteiger partial charge in [0.2, 0.25) is 0 Å². The summed E-state index contributed by atoms with van der Waals surface area (Å²) in [7, 11) is 1.44. The van der Waals surface area contributed by atoms with Gasteiger partial charge in [0.1, 0.15) is 23.8 Å². The number of nitrogens with two attached hydrogens (primary N) is 1. The number of carbonyl (C=O) groups excluding carboxylic acids is 2. The molecular weight excluding hydrogens is 410 g/mol. The molecule has 0 saturated heterocycles. The molecule has 3 aromatic rings. The van der Waals surface area contributed by atoms with Crippen LogP contribution in [-0.4, -0.2) is 30.6 Å². The molecule has 1 aromatic heterocycles. The first-order chi connectivity index (χ1) is 14.4. The molecule has 9 nitrogen and oxygen atoms in total. The van der Waals surface area contributed by atoms with Gasteiger partial charge in [0, 0.05) is 23.7 Å². The van der Waals surface area contributed by atoms with Crippen LogP contribution in [0.4, 0.5) is 10.5 Å². The van der Waals surface area contributed by atoms with E-state index in [2.05, 4.69) is 15.6 Å². The summed E-state index contributed by atoms with van der Waals surface area (Å²) in [4.78, 5) is 27.7. The van der Waals surface area contributed by atoms with E-state index in [4.69, 9.17) is 32.1 Å². The number of anilines is 1. The minimum atomic E-state index is -0.642. The number of nitriles is 1. The Bertz CT molecular complexity index is 1180. The van der Waals surface area contributed by atoms with Crippen molar-refractivity contribution in [3.05, 3.63) is 53.2 Å². The molecule has 3 amide bonds. The van der Waals surface area contributed by atoms with Crippen LogP contribution in [0.15, 0.2) is 42.6 Å². The van der Waals surface area contributed by atoms with Crippen LogP contribution in [0.25, 0.3) is 10.9 Å².